The molecule has 1 fully saturated rings. The van der Waals surface area contributed by atoms with Crippen LogP contribution in [-0.4, -0.2) is 41.5 Å². The number of methoxy groups -OCH3 is 1. The molecule has 1 aliphatic heterocycles. The standard InChI is InChI=1S/C26H25Cl2F3N2O3/c1-14-10-16-11-17(32(2)22(16)13-20(14)26(29,30)31)12-19-21(27)5-4-18(23(19)28)24(34)33-8-6-15(7-9-33)25(35)36-3/h4-5,10-11,13,15H,6-9,12H2,1-3H3. The van der Waals surface area contributed by atoms with Gasteiger partial charge in [0.2, 0.25) is 0 Å². The number of aryl methyl sites for hydroxylation is 2. The van der Waals surface area contributed by atoms with Crippen molar-refractivity contribution in [3.63, 3.8) is 0 Å². The van der Waals surface area contributed by atoms with Gasteiger partial charge in [0.05, 0.1) is 29.2 Å². The summed E-state index contributed by atoms with van der Waals surface area (Å²) in [5, 5.41) is 1.24. The molecule has 192 valence electrons. The van der Waals surface area contributed by atoms with Gasteiger partial charge >= 0.3 is 12.1 Å². The fourth-order valence-electron chi connectivity index (χ4n) is 4.79. The molecule has 2 aromatic carbocycles. The summed E-state index contributed by atoms with van der Waals surface area (Å²) in [4.78, 5) is 26.7. The number of hydrogen-bond donors (Lipinski definition) is 0. The van der Waals surface area contributed by atoms with Gasteiger partial charge in [0.25, 0.3) is 5.91 Å². The molecule has 0 saturated carbocycles. The van der Waals surface area contributed by atoms with E-state index >= 15 is 0 Å². The minimum Gasteiger partial charge on any atom is -0.469 e. The minimum atomic E-state index is -4.45. The summed E-state index contributed by atoms with van der Waals surface area (Å²) in [7, 11) is 3.04. The number of hydrogen-bond acceptors (Lipinski definition) is 3. The fraction of sp³-hybridized carbons (Fsp3) is 0.385. The summed E-state index contributed by atoms with van der Waals surface area (Å²) < 4.78 is 46.7. The van der Waals surface area contributed by atoms with E-state index in [-0.39, 0.29) is 34.8 Å². The molecule has 1 amide bonds. The molecule has 0 radical (unpaired) electrons. The highest BCUT2D eigenvalue weighted by Crippen LogP contribution is 2.37. The average Bonchev–Trinajstić information content (AvgIpc) is 3.13. The topological polar surface area (TPSA) is 51.5 Å². The lowest BCUT2D eigenvalue weighted by atomic mass is 9.96. The maximum atomic E-state index is 13.4. The molecule has 5 nitrogen and oxygen atoms in total. The van der Waals surface area contributed by atoms with E-state index in [2.05, 4.69) is 0 Å². The zero-order chi connectivity index (χ0) is 26.4. The van der Waals surface area contributed by atoms with Crippen LogP contribution in [0.1, 0.15) is 45.6 Å². The molecule has 0 spiro atoms. The normalized spacial score (nSPS) is 14.9. The van der Waals surface area contributed by atoms with E-state index in [4.69, 9.17) is 27.9 Å². The average molecular weight is 541 g/mol. The van der Waals surface area contributed by atoms with E-state index in [1.165, 1.54) is 20.1 Å². The van der Waals surface area contributed by atoms with E-state index in [1.807, 2.05) is 0 Å². The van der Waals surface area contributed by atoms with Gasteiger partial charge in [-0.15, -0.1) is 0 Å². The molecular weight excluding hydrogens is 516 g/mol. The lowest BCUT2D eigenvalue weighted by molar-refractivity contribution is -0.146. The molecule has 0 unspecified atom stereocenters. The maximum Gasteiger partial charge on any atom is 0.416 e. The summed E-state index contributed by atoms with van der Waals surface area (Å²) in [5.74, 6) is -0.770. The summed E-state index contributed by atoms with van der Waals surface area (Å²) in [6, 6.07) is 7.65. The second-order valence-electron chi connectivity index (χ2n) is 9.07. The predicted molar refractivity (Wildman–Crippen MR) is 133 cm³/mol. The minimum absolute atomic E-state index is 0.145. The van der Waals surface area contributed by atoms with Gasteiger partial charge < -0.3 is 14.2 Å². The Labute approximate surface area is 216 Å². The van der Waals surface area contributed by atoms with Crippen LogP contribution in [0.4, 0.5) is 13.2 Å². The molecule has 0 aliphatic carbocycles. The second kappa shape index (κ2) is 9.98. The molecule has 1 saturated heterocycles. The Morgan fingerprint density at radius 2 is 1.78 bits per heavy atom. The number of nitrogens with zero attached hydrogens (tertiary/aromatic N) is 2. The van der Waals surface area contributed by atoms with E-state index < -0.39 is 11.7 Å². The molecule has 4 rings (SSSR count). The van der Waals surface area contributed by atoms with Gasteiger partial charge in [0.15, 0.2) is 0 Å². The SMILES string of the molecule is COC(=O)C1CCN(C(=O)c2ccc(Cl)c(Cc3cc4cc(C)c(C(F)(F)F)cc4n3C)c2Cl)CC1. The van der Waals surface area contributed by atoms with Crippen LogP contribution in [0, 0.1) is 12.8 Å². The van der Waals surface area contributed by atoms with E-state index in [0.29, 0.717) is 58.7 Å². The highest BCUT2D eigenvalue weighted by molar-refractivity contribution is 6.38. The number of amides is 1. The van der Waals surface area contributed by atoms with Crippen LogP contribution in [0.2, 0.25) is 10.0 Å². The van der Waals surface area contributed by atoms with Crippen molar-refractivity contribution in [1.82, 2.24) is 9.47 Å². The number of fused-ring (bicyclic) bond motifs is 1. The van der Waals surface area contributed by atoms with Crippen molar-refractivity contribution in [1.29, 1.82) is 0 Å². The van der Waals surface area contributed by atoms with Gasteiger partial charge in [-0.3, -0.25) is 9.59 Å². The zero-order valence-corrected chi connectivity index (χ0v) is 21.5. The lowest BCUT2D eigenvalue weighted by Gasteiger charge is -2.31. The first-order chi connectivity index (χ1) is 16.9. The highest BCUT2D eigenvalue weighted by atomic mass is 35.5. The summed E-state index contributed by atoms with van der Waals surface area (Å²) in [6.07, 6.45) is -3.21. The Morgan fingerprint density at radius 1 is 1.11 bits per heavy atom. The van der Waals surface area contributed by atoms with Crippen LogP contribution in [0.15, 0.2) is 30.3 Å². The van der Waals surface area contributed by atoms with Gasteiger partial charge in [-0.05, 0) is 61.2 Å². The van der Waals surface area contributed by atoms with Crippen LogP contribution < -0.4 is 0 Å². The summed E-state index contributed by atoms with van der Waals surface area (Å²) in [5.41, 5.74) is 1.43. The van der Waals surface area contributed by atoms with E-state index in [1.54, 1.807) is 34.7 Å². The predicted octanol–water partition coefficient (Wildman–Crippen LogP) is 6.43. The summed E-state index contributed by atoms with van der Waals surface area (Å²) >= 11 is 13.1. The Hall–Kier alpha value is -2.71. The van der Waals surface area contributed by atoms with E-state index in [9.17, 15) is 22.8 Å². The number of aromatic nitrogens is 1. The van der Waals surface area contributed by atoms with Gasteiger partial charge in [0.1, 0.15) is 0 Å². The van der Waals surface area contributed by atoms with Crippen LogP contribution in [-0.2, 0) is 29.2 Å². The van der Waals surface area contributed by atoms with Crippen LogP contribution in [0.25, 0.3) is 10.9 Å². The highest BCUT2D eigenvalue weighted by Gasteiger charge is 2.33. The molecule has 3 aromatic rings. The van der Waals surface area contributed by atoms with E-state index in [0.717, 1.165) is 6.07 Å². The number of esters is 1. The van der Waals surface area contributed by atoms with Crippen LogP contribution >= 0.6 is 23.2 Å². The number of carbonyl (C=O) groups excluding carboxylic acids is 2. The number of likely N-dealkylation sites (tertiary alicyclic amines) is 1. The van der Waals surface area contributed by atoms with Crippen molar-refractivity contribution in [2.24, 2.45) is 13.0 Å². The van der Waals surface area contributed by atoms with Crippen molar-refractivity contribution >= 4 is 46.0 Å². The lowest BCUT2D eigenvalue weighted by Crippen LogP contribution is -2.40. The molecule has 0 bridgehead atoms. The second-order valence-corrected chi connectivity index (χ2v) is 9.86. The Kier molecular flexibility index (Phi) is 7.30. The van der Waals surface area contributed by atoms with Gasteiger partial charge in [-0.2, -0.15) is 13.2 Å². The third-order valence-electron chi connectivity index (χ3n) is 6.88. The Balaban J connectivity index is 1.63. The molecule has 0 atom stereocenters. The van der Waals surface area contributed by atoms with Gasteiger partial charge in [-0.25, -0.2) is 0 Å². The molecule has 36 heavy (non-hydrogen) atoms. The number of ether oxygens (including phenoxy) is 1. The first-order valence-electron chi connectivity index (χ1n) is 11.4. The monoisotopic (exact) mass is 540 g/mol. The Bertz CT molecular complexity index is 1340. The number of carbonyl (C=O) groups is 2. The summed E-state index contributed by atoms with van der Waals surface area (Å²) in [6.45, 7) is 2.24. The third kappa shape index (κ3) is 4.93. The molecule has 1 aromatic heterocycles. The van der Waals surface area contributed by atoms with Gasteiger partial charge in [-0.1, -0.05) is 23.2 Å². The molecular formula is C26H25Cl2F3N2O3. The zero-order valence-electron chi connectivity index (χ0n) is 20.0. The quantitative estimate of drug-likeness (QED) is 0.358. The van der Waals surface area contributed by atoms with Crippen molar-refractivity contribution in [3.05, 3.63) is 68.3 Å². The molecule has 1 aliphatic rings. The number of alkyl halides is 3. The maximum absolute atomic E-state index is 13.4. The first-order valence-corrected chi connectivity index (χ1v) is 12.2. The van der Waals surface area contributed by atoms with Crippen molar-refractivity contribution in [2.45, 2.75) is 32.4 Å². The number of halogens is 5. The van der Waals surface area contributed by atoms with Crippen molar-refractivity contribution < 1.29 is 27.5 Å². The molecule has 2 heterocycles. The number of benzene rings is 2. The molecule has 10 heteroatoms. The largest absolute Gasteiger partial charge is 0.469 e. The van der Waals surface area contributed by atoms with Crippen LogP contribution in [0.5, 0.6) is 0 Å². The molecule has 0 N–H and O–H groups in total. The number of rotatable bonds is 4. The van der Waals surface area contributed by atoms with Crippen molar-refractivity contribution in [2.75, 3.05) is 20.2 Å². The first kappa shape index (κ1) is 26.4. The third-order valence-corrected chi connectivity index (χ3v) is 7.67. The number of piperidine rings is 1. The van der Waals surface area contributed by atoms with Crippen LogP contribution in [0.3, 0.4) is 0 Å². The fourth-order valence-corrected chi connectivity index (χ4v) is 5.38. The van der Waals surface area contributed by atoms with Gasteiger partial charge in [0, 0.05) is 48.2 Å². The Morgan fingerprint density at radius 3 is 2.39 bits per heavy atom. The van der Waals surface area contributed by atoms with Crippen molar-refractivity contribution in [3.8, 4) is 0 Å². The smallest absolute Gasteiger partial charge is 0.416 e.